The fourth-order valence-corrected chi connectivity index (χ4v) is 2.15. The molecule has 0 aliphatic heterocycles. The number of hydrogen-bond acceptors (Lipinski definition) is 4. The Morgan fingerprint density at radius 2 is 1.91 bits per heavy atom. The fraction of sp³-hybridized carbons (Fsp3) is 0.111. The number of fused-ring (bicyclic) bond motifs is 1. The van der Waals surface area contributed by atoms with Crippen molar-refractivity contribution in [3.05, 3.63) is 75.6 Å². The molecule has 1 aromatic heterocycles. The molecule has 0 atom stereocenters. The first kappa shape index (κ1) is 14.1. The van der Waals surface area contributed by atoms with Crippen molar-refractivity contribution in [3.63, 3.8) is 0 Å². The van der Waals surface area contributed by atoms with E-state index in [4.69, 9.17) is 9.15 Å². The molecule has 22 heavy (non-hydrogen) atoms. The number of rotatable bonds is 4. The largest absolute Gasteiger partial charge is 0.489 e. The van der Waals surface area contributed by atoms with E-state index in [2.05, 4.69) is 0 Å². The van der Waals surface area contributed by atoms with E-state index >= 15 is 0 Å². The summed E-state index contributed by atoms with van der Waals surface area (Å²) in [5.74, 6) is 0.559. The summed E-state index contributed by atoms with van der Waals surface area (Å²) >= 11 is 0. The molecular formula is C18H14O4. The van der Waals surface area contributed by atoms with Crippen molar-refractivity contribution in [2.24, 2.45) is 0 Å². The summed E-state index contributed by atoms with van der Waals surface area (Å²) in [6.45, 7) is 2.43. The van der Waals surface area contributed by atoms with Gasteiger partial charge >= 0.3 is 0 Å². The van der Waals surface area contributed by atoms with E-state index in [0.717, 1.165) is 5.56 Å². The van der Waals surface area contributed by atoms with E-state index in [0.29, 0.717) is 29.6 Å². The average molecular weight is 294 g/mol. The molecule has 0 N–H and O–H groups in total. The monoisotopic (exact) mass is 294 g/mol. The molecule has 0 saturated carbocycles. The second-order valence-corrected chi connectivity index (χ2v) is 5.07. The zero-order chi connectivity index (χ0) is 15.5. The number of hydrogen-bond donors (Lipinski definition) is 0. The average Bonchev–Trinajstić information content (AvgIpc) is 2.55. The predicted octanol–water partition coefficient (Wildman–Crippen LogP) is 3.49. The lowest BCUT2D eigenvalue weighted by atomic mass is 10.1. The van der Waals surface area contributed by atoms with Crippen LogP contribution in [0.1, 0.15) is 21.5 Å². The third-order valence-corrected chi connectivity index (χ3v) is 3.42. The Hall–Kier alpha value is -2.88. The summed E-state index contributed by atoms with van der Waals surface area (Å²) < 4.78 is 11.0. The third kappa shape index (κ3) is 2.76. The van der Waals surface area contributed by atoms with Crippen molar-refractivity contribution >= 4 is 17.3 Å². The van der Waals surface area contributed by atoms with Crippen LogP contribution in [0.3, 0.4) is 0 Å². The number of carbonyl (C=O) groups excluding carboxylic acids is 1. The van der Waals surface area contributed by atoms with Gasteiger partial charge in [0.2, 0.25) is 5.43 Å². The van der Waals surface area contributed by atoms with Gasteiger partial charge in [0, 0.05) is 0 Å². The van der Waals surface area contributed by atoms with E-state index in [1.54, 1.807) is 18.2 Å². The molecule has 0 radical (unpaired) electrons. The van der Waals surface area contributed by atoms with Crippen molar-refractivity contribution in [2.75, 3.05) is 0 Å². The molecule has 4 nitrogen and oxygen atoms in total. The predicted molar refractivity (Wildman–Crippen MR) is 83.4 cm³/mol. The van der Waals surface area contributed by atoms with Gasteiger partial charge in [-0.3, -0.25) is 9.59 Å². The molecule has 0 spiro atoms. The van der Waals surface area contributed by atoms with E-state index in [1.807, 2.05) is 31.2 Å². The Kier molecular flexibility index (Phi) is 3.74. The highest BCUT2D eigenvalue weighted by molar-refractivity contribution is 5.84. The molecule has 110 valence electrons. The van der Waals surface area contributed by atoms with Crippen LogP contribution in [0.15, 0.2) is 57.9 Å². The van der Waals surface area contributed by atoms with Crippen LogP contribution < -0.4 is 10.2 Å². The smallest absolute Gasteiger partial charge is 0.203 e. The highest BCUT2D eigenvalue weighted by atomic mass is 16.5. The number of aryl methyl sites for hydroxylation is 1. The lowest BCUT2D eigenvalue weighted by molar-refractivity contribution is 0.112. The molecule has 0 aliphatic rings. The third-order valence-electron chi connectivity index (χ3n) is 3.42. The maximum Gasteiger partial charge on any atom is 0.203 e. The topological polar surface area (TPSA) is 56.5 Å². The summed E-state index contributed by atoms with van der Waals surface area (Å²) in [6, 6.07) is 13.0. The maximum atomic E-state index is 12.1. The molecule has 0 fully saturated rings. The van der Waals surface area contributed by atoms with Crippen LogP contribution in [0.25, 0.3) is 11.0 Å². The van der Waals surface area contributed by atoms with Crippen molar-refractivity contribution in [1.82, 2.24) is 0 Å². The quantitative estimate of drug-likeness (QED) is 0.691. The molecule has 4 heteroatoms. The van der Waals surface area contributed by atoms with Gasteiger partial charge in [-0.25, -0.2) is 0 Å². The van der Waals surface area contributed by atoms with E-state index in [-0.39, 0.29) is 11.0 Å². The Morgan fingerprint density at radius 1 is 1.14 bits per heavy atom. The zero-order valence-electron chi connectivity index (χ0n) is 12.0. The van der Waals surface area contributed by atoms with Crippen molar-refractivity contribution in [2.45, 2.75) is 13.5 Å². The highest BCUT2D eigenvalue weighted by Gasteiger charge is 2.07. The summed E-state index contributed by atoms with van der Waals surface area (Å²) in [5.41, 5.74) is 2.31. The second-order valence-electron chi connectivity index (χ2n) is 5.07. The highest BCUT2D eigenvalue weighted by Crippen LogP contribution is 2.20. The van der Waals surface area contributed by atoms with Crippen LogP contribution in [0.4, 0.5) is 0 Å². The van der Waals surface area contributed by atoms with Gasteiger partial charge in [-0.15, -0.1) is 0 Å². The first-order valence-corrected chi connectivity index (χ1v) is 6.86. The van der Waals surface area contributed by atoms with E-state index in [9.17, 15) is 9.59 Å². The SMILES string of the molecule is Cc1ccc(COc2ccc3occ(C=O)c(=O)c3c2)cc1. The number of carbonyl (C=O) groups is 1. The van der Waals surface area contributed by atoms with E-state index in [1.165, 1.54) is 11.8 Å². The summed E-state index contributed by atoms with van der Waals surface area (Å²) in [6.07, 6.45) is 1.66. The first-order valence-electron chi connectivity index (χ1n) is 6.86. The minimum atomic E-state index is -0.350. The van der Waals surface area contributed by atoms with Gasteiger partial charge in [-0.2, -0.15) is 0 Å². The molecule has 0 saturated heterocycles. The maximum absolute atomic E-state index is 12.1. The minimum absolute atomic E-state index is 0.00295. The van der Waals surface area contributed by atoms with Crippen LogP contribution in [-0.2, 0) is 6.61 Å². The Balaban J connectivity index is 1.88. The van der Waals surface area contributed by atoms with Crippen LogP contribution in [0.2, 0.25) is 0 Å². The molecule has 0 unspecified atom stereocenters. The Morgan fingerprint density at radius 3 is 2.64 bits per heavy atom. The van der Waals surface area contributed by atoms with E-state index < -0.39 is 0 Å². The van der Waals surface area contributed by atoms with Crippen LogP contribution >= 0.6 is 0 Å². The summed E-state index contributed by atoms with van der Waals surface area (Å²) in [4.78, 5) is 22.9. The van der Waals surface area contributed by atoms with Gasteiger partial charge in [-0.1, -0.05) is 29.8 Å². The lowest BCUT2D eigenvalue weighted by Gasteiger charge is -2.07. The molecule has 0 amide bonds. The van der Waals surface area contributed by atoms with Gasteiger partial charge < -0.3 is 9.15 Å². The van der Waals surface area contributed by atoms with Gasteiger partial charge in [0.25, 0.3) is 0 Å². The van der Waals surface area contributed by atoms with Crippen molar-refractivity contribution < 1.29 is 13.9 Å². The fourth-order valence-electron chi connectivity index (χ4n) is 2.15. The number of ether oxygens (including phenoxy) is 1. The molecular weight excluding hydrogens is 280 g/mol. The normalized spacial score (nSPS) is 10.6. The van der Waals surface area contributed by atoms with Crippen molar-refractivity contribution in [1.29, 1.82) is 0 Å². The molecule has 2 aromatic carbocycles. The first-order chi connectivity index (χ1) is 10.7. The minimum Gasteiger partial charge on any atom is -0.489 e. The summed E-state index contributed by atoms with van der Waals surface area (Å²) in [7, 11) is 0. The molecule has 3 rings (SSSR count). The van der Waals surface area contributed by atoms with Gasteiger partial charge in [0.1, 0.15) is 24.2 Å². The molecule has 1 heterocycles. The lowest BCUT2D eigenvalue weighted by Crippen LogP contribution is -2.07. The van der Waals surface area contributed by atoms with Gasteiger partial charge in [0.05, 0.1) is 10.9 Å². The van der Waals surface area contributed by atoms with Gasteiger partial charge in [-0.05, 0) is 30.7 Å². The number of aldehydes is 1. The molecule has 3 aromatic rings. The summed E-state index contributed by atoms with van der Waals surface area (Å²) in [5, 5.41) is 0.339. The van der Waals surface area contributed by atoms with Crippen LogP contribution in [-0.4, -0.2) is 6.29 Å². The van der Waals surface area contributed by atoms with Crippen molar-refractivity contribution in [3.8, 4) is 5.75 Å². The van der Waals surface area contributed by atoms with Crippen LogP contribution in [0.5, 0.6) is 5.75 Å². The molecule has 0 aliphatic carbocycles. The Labute approximate surface area is 127 Å². The standard InChI is InChI=1S/C18H14O4/c1-12-2-4-13(5-3-12)10-21-15-6-7-17-16(8-15)18(20)14(9-19)11-22-17/h2-9,11H,10H2,1H3. The van der Waals surface area contributed by atoms with Crippen LogP contribution in [0, 0.1) is 6.92 Å². The zero-order valence-corrected chi connectivity index (χ0v) is 12.0. The Bertz CT molecular complexity index is 876. The number of benzene rings is 2. The van der Waals surface area contributed by atoms with Gasteiger partial charge in [0.15, 0.2) is 6.29 Å². The second kappa shape index (κ2) is 5.85. The molecule has 0 bridgehead atoms.